The van der Waals surface area contributed by atoms with Crippen LogP contribution in [0.5, 0.6) is 5.88 Å². The maximum absolute atomic E-state index is 13.1. The van der Waals surface area contributed by atoms with Crippen molar-refractivity contribution in [3.8, 4) is 5.88 Å². The predicted molar refractivity (Wildman–Crippen MR) is 65.2 cm³/mol. The van der Waals surface area contributed by atoms with Gasteiger partial charge < -0.3 is 5.11 Å². The first-order valence-electron chi connectivity index (χ1n) is 4.98. The molecule has 0 aliphatic heterocycles. The molecule has 0 fully saturated rings. The summed E-state index contributed by atoms with van der Waals surface area (Å²) < 4.78 is 13.7. The predicted octanol–water partition coefficient (Wildman–Crippen LogP) is 3.97. The number of aromatic hydroxyl groups is 1. The van der Waals surface area contributed by atoms with Crippen LogP contribution < -0.4 is 0 Å². The molecular weight excluding hydrogens is 273 g/mol. The quantitative estimate of drug-likeness (QED) is 0.859. The van der Waals surface area contributed by atoms with E-state index in [1.165, 1.54) is 12.1 Å². The zero-order valence-corrected chi connectivity index (χ0v) is 10.5. The Balaban J connectivity index is 2.89. The van der Waals surface area contributed by atoms with Gasteiger partial charge >= 0.3 is 0 Å². The van der Waals surface area contributed by atoms with E-state index in [4.69, 9.17) is 0 Å². The molecule has 0 radical (unpaired) electrons. The second-order valence-electron chi connectivity index (χ2n) is 3.98. The molecule has 2 rings (SSSR count). The molecule has 0 aliphatic rings. The molecule has 0 saturated carbocycles. The Morgan fingerprint density at radius 1 is 1.38 bits per heavy atom. The Kier molecular flexibility index (Phi) is 2.84. The highest BCUT2D eigenvalue weighted by Crippen LogP contribution is 2.36. The van der Waals surface area contributed by atoms with E-state index in [0.717, 1.165) is 10.9 Å². The summed E-state index contributed by atoms with van der Waals surface area (Å²) in [5, 5.41) is 10.5. The van der Waals surface area contributed by atoms with Crippen LogP contribution >= 0.6 is 15.9 Å². The summed E-state index contributed by atoms with van der Waals surface area (Å²) in [6, 6.07) is 4.42. The van der Waals surface area contributed by atoms with Gasteiger partial charge in [0, 0.05) is 11.5 Å². The third kappa shape index (κ3) is 1.78. The van der Waals surface area contributed by atoms with Crippen molar-refractivity contribution in [2.45, 2.75) is 19.8 Å². The number of nitrogens with zero attached hydrogens (tertiary/aromatic N) is 1. The maximum atomic E-state index is 13.1. The van der Waals surface area contributed by atoms with Crippen molar-refractivity contribution in [3.63, 3.8) is 0 Å². The van der Waals surface area contributed by atoms with Crippen molar-refractivity contribution >= 4 is 26.8 Å². The van der Waals surface area contributed by atoms with Crippen LogP contribution in [0.3, 0.4) is 0 Å². The monoisotopic (exact) mass is 283 g/mol. The molecular formula is C12H11BrFNO. The van der Waals surface area contributed by atoms with Crippen LogP contribution in [-0.4, -0.2) is 10.1 Å². The Labute approximate surface area is 101 Å². The van der Waals surface area contributed by atoms with Gasteiger partial charge in [-0.25, -0.2) is 9.37 Å². The molecule has 4 heteroatoms. The van der Waals surface area contributed by atoms with E-state index < -0.39 is 0 Å². The molecule has 0 spiro atoms. The molecule has 0 atom stereocenters. The van der Waals surface area contributed by atoms with Crippen molar-refractivity contribution in [3.05, 3.63) is 34.1 Å². The standard InChI is InChI=1S/C12H11BrFNO/c1-6(2)10-8-4-3-7(14)5-9(8)15-12(16)11(10)13/h3-6H,1-2H3,(H,15,16). The number of benzene rings is 1. The Morgan fingerprint density at radius 2 is 2.06 bits per heavy atom. The molecule has 0 saturated heterocycles. The lowest BCUT2D eigenvalue weighted by Crippen LogP contribution is -1.95. The number of rotatable bonds is 1. The molecule has 0 bridgehead atoms. The number of aromatic nitrogens is 1. The van der Waals surface area contributed by atoms with Gasteiger partial charge in [0.15, 0.2) is 0 Å². The summed E-state index contributed by atoms with van der Waals surface area (Å²) >= 11 is 3.31. The number of halogens is 2. The van der Waals surface area contributed by atoms with Gasteiger partial charge in [0.2, 0.25) is 5.88 Å². The smallest absolute Gasteiger partial charge is 0.226 e. The summed E-state index contributed by atoms with van der Waals surface area (Å²) in [7, 11) is 0. The lowest BCUT2D eigenvalue weighted by atomic mass is 9.99. The first kappa shape index (κ1) is 11.3. The van der Waals surface area contributed by atoms with Gasteiger partial charge in [0.05, 0.1) is 9.99 Å². The lowest BCUT2D eigenvalue weighted by molar-refractivity contribution is 0.450. The summed E-state index contributed by atoms with van der Waals surface area (Å²) in [6.07, 6.45) is 0. The first-order valence-corrected chi connectivity index (χ1v) is 5.77. The molecule has 0 amide bonds. The first-order chi connectivity index (χ1) is 7.50. The molecule has 0 unspecified atom stereocenters. The molecule has 16 heavy (non-hydrogen) atoms. The summed E-state index contributed by atoms with van der Waals surface area (Å²) in [4.78, 5) is 3.95. The van der Waals surface area contributed by atoms with Crippen LogP contribution in [0.1, 0.15) is 25.3 Å². The van der Waals surface area contributed by atoms with Crippen LogP contribution in [-0.2, 0) is 0 Å². The Hall–Kier alpha value is -1.16. The van der Waals surface area contributed by atoms with Gasteiger partial charge in [0.25, 0.3) is 0 Å². The van der Waals surface area contributed by atoms with E-state index in [0.29, 0.717) is 9.99 Å². The SMILES string of the molecule is CC(C)c1c(Br)c(O)nc2cc(F)ccc12. The minimum absolute atomic E-state index is 0.0956. The van der Waals surface area contributed by atoms with Crippen LogP contribution in [0.2, 0.25) is 0 Å². The maximum Gasteiger partial charge on any atom is 0.226 e. The van der Waals surface area contributed by atoms with Crippen LogP contribution in [0.4, 0.5) is 4.39 Å². The largest absolute Gasteiger partial charge is 0.492 e. The molecule has 84 valence electrons. The van der Waals surface area contributed by atoms with E-state index in [-0.39, 0.29) is 17.6 Å². The van der Waals surface area contributed by atoms with Crippen molar-refractivity contribution in [2.24, 2.45) is 0 Å². The number of hydrogen-bond donors (Lipinski definition) is 1. The molecule has 1 aromatic heterocycles. The van der Waals surface area contributed by atoms with E-state index in [1.54, 1.807) is 6.07 Å². The van der Waals surface area contributed by atoms with E-state index in [1.807, 2.05) is 13.8 Å². The normalized spacial score (nSPS) is 11.3. The second-order valence-corrected chi connectivity index (χ2v) is 4.77. The van der Waals surface area contributed by atoms with Crippen LogP contribution in [0, 0.1) is 5.82 Å². The van der Waals surface area contributed by atoms with Gasteiger partial charge in [-0.2, -0.15) is 0 Å². The van der Waals surface area contributed by atoms with E-state index in [9.17, 15) is 9.50 Å². The molecule has 2 nitrogen and oxygen atoms in total. The summed E-state index contributed by atoms with van der Waals surface area (Å²) in [5.74, 6) is -0.227. The molecule has 0 aliphatic carbocycles. The summed E-state index contributed by atoms with van der Waals surface area (Å²) in [5.41, 5.74) is 1.42. The average molecular weight is 284 g/mol. The van der Waals surface area contributed by atoms with Gasteiger partial charge in [-0.1, -0.05) is 13.8 Å². The van der Waals surface area contributed by atoms with Crippen molar-refractivity contribution < 1.29 is 9.50 Å². The lowest BCUT2D eigenvalue weighted by Gasteiger charge is -2.13. The fourth-order valence-corrected chi connectivity index (χ4v) is 2.55. The second kappa shape index (κ2) is 4.01. The Bertz CT molecular complexity index is 554. The van der Waals surface area contributed by atoms with Crippen LogP contribution in [0.25, 0.3) is 10.9 Å². The van der Waals surface area contributed by atoms with Crippen LogP contribution in [0.15, 0.2) is 22.7 Å². The van der Waals surface area contributed by atoms with Gasteiger partial charge in [-0.05, 0) is 39.5 Å². The minimum atomic E-state index is -0.351. The number of fused-ring (bicyclic) bond motifs is 1. The van der Waals surface area contributed by atoms with E-state index >= 15 is 0 Å². The van der Waals surface area contributed by atoms with Crippen molar-refractivity contribution in [1.29, 1.82) is 0 Å². The number of pyridine rings is 1. The third-order valence-corrected chi connectivity index (χ3v) is 3.27. The summed E-state index contributed by atoms with van der Waals surface area (Å²) in [6.45, 7) is 4.03. The van der Waals surface area contributed by atoms with Crippen molar-refractivity contribution in [2.75, 3.05) is 0 Å². The molecule has 2 aromatic rings. The average Bonchev–Trinajstić information content (AvgIpc) is 2.19. The zero-order valence-electron chi connectivity index (χ0n) is 8.96. The fourth-order valence-electron chi connectivity index (χ4n) is 1.79. The highest BCUT2D eigenvalue weighted by molar-refractivity contribution is 9.10. The highest BCUT2D eigenvalue weighted by Gasteiger charge is 2.15. The zero-order chi connectivity index (χ0) is 11.9. The van der Waals surface area contributed by atoms with E-state index in [2.05, 4.69) is 20.9 Å². The van der Waals surface area contributed by atoms with Gasteiger partial charge in [-0.15, -0.1) is 0 Å². The fraction of sp³-hybridized carbons (Fsp3) is 0.250. The van der Waals surface area contributed by atoms with Gasteiger partial charge in [0.1, 0.15) is 5.82 Å². The molecule has 1 aromatic carbocycles. The highest BCUT2D eigenvalue weighted by atomic mass is 79.9. The Morgan fingerprint density at radius 3 is 2.69 bits per heavy atom. The van der Waals surface area contributed by atoms with Crippen molar-refractivity contribution in [1.82, 2.24) is 4.98 Å². The van der Waals surface area contributed by atoms with Gasteiger partial charge in [-0.3, -0.25) is 0 Å². The molecule has 1 N–H and O–H groups in total. The molecule has 1 heterocycles. The third-order valence-electron chi connectivity index (χ3n) is 2.49. The number of hydrogen-bond acceptors (Lipinski definition) is 2. The minimum Gasteiger partial charge on any atom is -0.492 e. The topological polar surface area (TPSA) is 33.1 Å².